The van der Waals surface area contributed by atoms with Crippen LogP contribution in [0.5, 0.6) is 0 Å². The molecule has 0 amide bonds. The summed E-state index contributed by atoms with van der Waals surface area (Å²) in [6, 6.07) is 8.94. The van der Waals surface area contributed by atoms with Crippen LogP contribution in [0.25, 0.3) is 0 Å². The van der Waals surface area contributed by atoms with E-state index in [9.17, 15) is 0 Å². The Balaban J connectivity index is 1.42. The van der Waals surface area contributed by atoms with E-state index in [1.807, 2.05) is 0 Å². The first-order valence-electron chi connectivity index (χ1n) is 7.41. The molecule has 0 saturated heterocycles. The molecule has 1 heterocycles. The highest BCUT2D eigenvalue weighted by molar-refractivity contribution is 5.28. The summed E-state index contributed by atoms with van der Waals surface area (Å²) < 4.78 is 0. The number of rotatable bonds is 5. The van der Waals surface area contributed by atoms with Crippen molar-refractivity contribution in [2.24, 2.45) is 5.92 Å². The van der Waals surface area contributed by atoms with Gasteiger partial charge in [-0.15, -0.1) is 0 Å². The Hall–Kier alpha value is -0.860. The predicted octanol–water partition coefficient (Wildman–Crippen LogP) is 2.09. The Morgan fingerprint density at radius 1 is 1.06 bits per heavy atom. The highest BCUT2D eigenvalue weighted by Gasteiger charge is 2.20. The molecule has 0 radical (unpaired) electrons. The van der Waals surface area contributed by atoms with Gasteiger partial charge in [-0.05, 0) is 49.3 Å². The van der Waals surface area contributed by atoms with Crippen LogP contribution in [-0.4, -0.2) is 37.6 Å². The van der Waals surface area contributed by atoms with Gasteiger partial charge in [0.25, 0.3) is 0 Å². The van der Waals surface area contributed by atoms with Gasteiger partial charge in [-0.3, -0.25) is 0 Å². The fraction of sp³-hybridized carbons (Fsp3) is 0.625. The Labute approximate surface area is 110 Å². The fourth-order valence-electron chi connectivity index (χ4n) is 2.80. The summed E-state index contributed by atoms with van der Waals surface area (Å²) in [5.74, 6) is 0.999. The first-order valence-corrected chi connectivity index (χ1v) is 7.41. The summed E-state index contributed by atoms with van der Waals surface area (Å²) in [4.78, 5) is 2.61. The molecule has 0 spiro atoms. The van der Waals surface area contributed by atoms with Crippen molar-refractivity contribution in [3.05, 3.63) is 35.4 Å². The Morgan fingerprint density at radius 3 is 2.33 bits per heavy atom. The lowest BCUT2D eigenvalue weighted by molar-refractivity contribution is 0.286. The first kappa shape index (κ1) is 12.2. The summed E-state index contributed by atoms with van der Waals surface area (Å²) in [6.07, 6.45) is 5.34. The van der Waals surface area contributed by atoms with E-state index in [0.29, 0.717) is 0 Å². The van der Waals surface area contributed by atoms with E-state index in [0.717, 1.165) is 12.5 Å². The van der Waals surface area contributed by atoms with Crippen LogP contribution in [0, 0.1) is 5.92 Å². The molecular formula is C16H24N2. The third-order valence-corrected chi connectivity index (χ3v) is 4.25. The Bertz CT molecular complexity index is 357. The van der Waals surface area contributed by atoms with Crippen molar-refractivity contribution in [2.45, 2.75) is 25.7 Å². The minimum absolute atomic E-state index is 0.999. The zero-order chi connectivity index (χ0) is 12.2. The monoisotopic (exact) mass is 244 g/mol. The second-order valence-corrected chi connectivity index (χ2v) is 5.76. The van der Waals surface area contributed by atoms with E-state index in [4.69, 9.17) is 0 Å². The Morgan fingerprint density at radius 2 is 1.72 bits per heavy atom. The SMILES string of the molecule is c1ccc2c(c1)CCN(CCNCC1CC1)CC2. The lowest BCUT2D eigenvalue weighted by atomic mass is 10.0. The van der Waals surface area contributed by atoms with E-state index in [-0.39, 0.29) is 0 Å². The summed E-state index contributed by atoms with van der Waals surface area (Å²) in [6.45, 7) is 6.06. The second kappa shape index (κ2) is 5.85. The summed E-state index contributed by atoms with van der Waals surface area (Å²) in [7, 11) is 0. The van der Waals surface area contributed by atoms with Gasteiger partial charge in [0.15, 0.2) is 0 Å². The molecule has 1 aromatic rings. The number of hydrogen-bond donors (Lipinski definition) is 1. The molecule has 1 N–H and O–H groups in total. The largest absolute Gasteiger partial charge is 0.315 e. The molecule has 2 aliphatic rings. The third-order valence-electron chi connectivity index (χ3n) is 4.25. The zero-order valence-corrected chi connectivity index (χ0v) is 11.2. The molecule has 18 heavy (non-hydrogen) atoms. The van der Waals surface area contributed by atoms with E-state index in [1.54, 1.807) is 11.1 Å². The van der Waals surface area contributed by atoms with Crippen molar-refractivity contribution < 1.29 is 0 Å². The van der Waals surface area contributed by atoms with Gasteiger partial charge in [-0.1, -0.05) is 24.3 Å². The van der Waals surface area contributed by atoms with E-state index < -0.39 is 0 Å². The molecule has 1 saturated carbocycles. The van der Waals surface area contributed by atoms with Crippen molar-refractivity contribution in [1.29, 1.82) is 0 Å². The third kappa shape index (κ3) is 3.33. The number of nitrogens with zero attached hydrogens (tertiary/aromatic N) is 1. The van der Waals surface area contributed by atoms with E-state index in [1.165, 1.54) is 51.9 Å². The number of hydrogen-bond acceptors (Lipinski definition) is 2. The van der Waals surface area contributed by atoms with Crippen molar-refractivity contribution in [3.63, 3.8) is 0 Å². The average molecular weight is 244 g/mol. The van der Waals surface area contributed by atoms with E-state index >= 15 is 0 Å². The van der Waals surface area contributed by atoms with Gasteiger partial charge < -0.3 is 10.2 Å². The molecule has 1 fully saturated rings. The van der Waals surface area contributed by atoms with Crippen LogP contribution in [0.2, 0.25) is 0 Å². The van der Waals surface area contributed by atoms with Crippen molar-refractivity contribution in [1.82, 2.24) is 10.2 Å². The smallest absolute Gasteiger partial charge is 0.0107 e. The number of fused-ring (bicyclic) bond motifs is 1. The molecule has 1 aliphatic heterocycles. The Kier molecular flexibility index (Phi) is 3.96. The van der Waals surface area contributed by atoms with Gasteiger partial charge in [0.1, 0.15) is 0 Å². The molecule has 98 valence electrons. The fourth-order valence-corrected chi connectivity index (χ4v) is 2.80. The lowest BCUT2D eigenvalue weighted by Gasteiger charge is -2.19. The first-order chi connectivity index (χ1) is 8.92. The minimum Gasteiger partial charge on any atom is -0.315 e. The van der Waals surface area contributed by atoms with E-state index in [2.05, 4.69) is 34.5 Å². The van der Waals surface area contributed by atoms with Crippen LogP contribution in [0.3, 0.4) is 0 Å². The summed E-state index contributed by atoms with van der Waals surface area (Å²) in [5, 5.41) is 3.59. The average Bonchev–Trinajstić information content (AvgIpc) is 3.22. The number of nitrogens with one attached hydrogen (secondary N) is 1. The van der Waals surface area contributed by atoms with Gasteiger partial charge in [0.05, 0.1) is 0 Å². The molecule has 2 nitrogen and oxygen atoms in total. The lowest BCUT2D eigenvalue weighted by Crippen LogP contribution is -2.34. The molecule has 0 bridgehead atoms. The predicted molar refractivity (Wildman–Crippen MR) is 75.9 cm³/mol. The van der Waals surface area contributed by atoms with Crippen LogP contribution >= 0.6 is 0 Å². The molecule has 1 aromatic carbocycles. The van der Waals surface area contributed by atoms with Crippen LogP contribution in [0.15, 0.2) is 24.3 Å². The molecule has 0 unspecified atom stereocenters. The minimum atomic E-state index is 0.999. The maximum absolute atomic E-state index is 3.59. The molecule has 3 rings (SSSR count). The normalized spacial score (nSPS) is 20.4. The maximum Gasteiger partial charge on any atom is 0.0107 e. The van der Waals surface area contributed by atoms with Crippen LogP contribution in [0.1, 0.15) is 24.0 Å². The summed E-state index contributed by atoms with van der Waals surface area (Å²) >= 11 is 0. The standard InChI is InChI=1S/C16H24N2/c1-2-4-16-8-11-18(10-7-15(16)3-1)12-9-17-13-14-5-6-14/h1-4,14,17H,5-13H2. The molecule has 0 atom stereocenters. The molecular weight excluding hydrogens is 220 g/mol. The van der Waals surface area contributed by atoms with Crippen LogP contribution < -0.4 is 5.32 Å². The van der Waals surface area contributed by atoms with Crippen LogP contribution in [-0.2, 0) is 12.8 Å². The van der Waals surface area contributed by atoms with Gasteiger partial charge in [-0.2, -0.15) is 0 Å². The van der Waals surface area contributed by atoms with Crippen molar-refractivity contribution >= 4 is 0 Å². The molecule has 2 heteroatoms. The molecule has 1 aliphatic carbocycles. The zero-order valence-electron chi connectivity index (χ0n) is 11.2. The van der Waals surface area contributed by atoms with Gasteiger partial charge in [0, 0.05) is 26.2 Å². The van der Waals surface area contributed by atoms with Crippen LogP contribution in [0.4, 0.5) is 0 Å². The van der Waals surface area contributed by atoms with Gasteiger partial charge >= 0.3 is 0 Å². The molecule has 0 aromatic heterocycles. The topological polar surface area (TPSA) is 15.3 Å². The highest BCUT2D eigenvalue weighted by atomic mass is 15.1. The summed E-state index contributed by atoms with van der Waals surface area (Å²) in [5.41, 5.74) is 3.12. The van der Waals surface area contributed by atoms with Crippen molar-refractivity contribution in [2.75, 3.05) is 32.7 Å². The van der Waals surface area contributed by atoms with Gasteiger partial charge in [-0.25, -0.2) is 0 Å². The number of benzene rings is 1. The quantitative estimate of drug-likeness (QED) is 0.798. The highest BCUT2D eigenvalue weighted by Crippen LogP contribution is 2.27. The maximum atomic E-state index is 3.59. The second-order valence-electron chi connectivity index (χ2n) is 5.76. The van der Waals surface area contributed by atoms with Gasteiger partial charge in [0.2, 0.25) is 0 Å². The van der Waals surface area contributed by atoms with Crippen molar-refractivity contribution in [3.8, 4) is 0 Å².